The normalized spacial score (nSPS) is 14.7. The van der Waals surface area contributed by atoms with Gasteiger partial charge in [-0.05, 0) is 12.3 Å². The average Bonchev–Trinajstić information content (AvgIpc) is 2.26. The third-order valence-electron chi connectivity index (χ3n) is 3.06. The molecule has 0 saturated carbocycles. The molecule has 0 aromatic heterocycles. The van der Waals surface area contributed by atoms with Crippen molar-refractivity contribution in [2.24, 2.45) is 5.92 Å². The number of aliphatic carboxylic acids is 1. The number of carboxylic acids is 1. The Morgan fingerprint density at radius 1 is 1.06 bits per heavy atom. The van der Waals surface area contributed by atoms with Crippen LogP contribution in [0.5, 0.6) is 0 Å². The monoisotopic (exact) mass is 230 g/mol. The molecule has 0 fully saturated rings. The minimum atomic E-state index is -1.19. The SMILES string of the molecule is CCCCCCCCCC(C)C(O)C(=O)O. The lowest BCUT2D eigenvalue weighted by Crippen LogP contribution is -2.27. The van der Waals surface area contributed by atoms with Crippen LogP contribution in [0.15, 0.2) is 0 Å². The predicted octanol–water partition coefficient (Wildman–Crippen LogP) is 3.21. The van der Waals surface area contributed by atoms with Gasteiger partial charge in [-0.25, -0.2) is 4.79 Å². The highest BCUT2D eigenvalue weighted by atomic mass is 16.4. The lowest BCUT2D eigenvalue weighted by molar-refractivity contribution is -0.149. The molecule has 2 N–H and O–H groups in total. The van der Waals surface area contributed by atoms with E-state index >= 15 is 0 Å². The van der Waals surface area contributed by atoms with Gasteiger partial charge in [-0.15, -0.1) is 0 Å². The topological polar surface area (TPSA) is 57.5 Å². The van der Waals surface area contributed by atoms with Crippen molar-refractivity contribution in [1.29, 1.82) is 0 Å². The molecule has 0 aromatic carbocycles. The summed E-state index contributed by atoms with van der Waals surface area (Å²) in [6.45, 7) is 4.00. The molecule has 2 unspecified atom stereocenters. The first-order chi connectivity index (χ1) is 7.59. The molecule has 0 spiro atoms. The summed E-state index contributed by atoms with van der Waals surface area (Å²) < 4.78 is 0. The average molecular weight is 230 g/mol. The number of carbonyl (C=O) groups is 1. The predicted molar refractivity (Wildman–Crippen MR) is 65.4 cm³/mol. The minimum Gasteiger partial charge on any atom is -0.479 e. The van der Waals surface area contributed by atoms with E-state index in [-0.39, 0.29) is 5.92 Å². The molecule has 0 saturated heterocycles. The first kappa shape index (κ1) is 15.4. The second kappa shape index (κ2) is 9.64. The summed E-state index contributed by atoms with van der Waals surface area (Å²) in [5.41, 5.74) is 0. The van der Waals surface area contributed by atoms with Gasteiger partial charge < -0.3 is 10.2 Å². The van der Waals surface area contributed by atoms with Crippen LogP contribution in [0.2, 0.25) is 0 Å². The van der Waals surface area contributed by atoms with Gasteiger partial charge in [0.2, 0.25) is 0 Å². The molecule has 0 radical (unpaired) electrons. The number of aliphatic hydroxyl groups excluding tert-OH is 1. The lowest BCUT2D eigenvalue weighted by Gasteiger charge is -2.14. The molecule has 0 aliphatic rings. The molecule has 0 bridgehead atoms. The zero-order valence-electron chi connectivity index (χ0n) is 10.6. The zero-order chi connectivity index (χ0) is 12.4. The van der Waals surface area contributed by atoms with Crippen LogP contribution in [0, 0.1) is 5.92 Å². The molecule has 0 aromatic rings. The molecule has 0 heterocycles. The van der Waals surface area contributed by atoms with Gasteiger partial charge in [-0.3, -0.25) is 0 Å². The van der Waals surface area contributed by atoms with Gasteiger partial charge in [0.15, 0.2) is 6.10 Å². The Morgan fingerprint density at radius 2 is 1.56 bits per heavy atom. The molecule has 3 nitrogen and oxygen atoms in total. The third kappa shape index (κ3) is 7.69. The van der Waals surface area contributed by atoms with E-state index in [2.05, 4.69) is 6.92 Å². The van der Waals surface area contributed by atoms with Gasteiger partial charge in [0.05, 0.1) is 0 Å². The molecule has 3 heteroatoms. The van der Waals surface area contributed by atoms with E-state index in [0.29, 0.717) is 0 Å². The van der Waals surface area contributed by atoms with Crippen LogP contribution < -0.4 is 0 Å². The number of aliphatic hydroxyl groups is 1. The van der Waals surface area contributed by atoms with Crippen molar-refractivity contribution < 1.29 is 15.0 Å². The molecule has 0 aliphatic carbocycles. The summed E-state index contributed by atoms with van der Waals surface area (Å²) in [4.78, 5) is 10.5. The summed E-state index contributed by atoms with van der Waals surface area (Å²) in [5.74, 6) is -1.23. The molecular weight excluding hydrogens is 204 g/mol. The van der Waals surface area contributed by atoms with Crippen LogP contribution in [-0.4, -0.2) is 22.3 Å². The van der Waals surface area contributed by atoms with E-state index in [4.69, 9.17) is 5.11 Å². The molecule has 0 aliphatic heterocycles. The van der Waals surface area contributed by atoms with Gasteiger partial charge >= 0.3 is 5.97 Å². The summed E-state index contributed by atoms with van der Waals surface area (Å²) in [6, 6.07) is 0. The summed E-state index contributed by atoms with van der Waals surface area (Å²) in [5, 5.41) is 17.9. The molecule has 96 valence electrons. The maximum Gasteiger partial charge on any atom is 0.332 e. The van der Waals surface area contributed by atoms with E-state index < -0.39 is 12.1 Å². The van der Waals surface area contributed by atoms with Gasteiger partial charge in [0.25, 0.3) is 0 Å². The van der Waals surface area contributed by atoms with Crippen LogP contribution in [0.3, 0.4) is 0 Å². The van der Waals surface area contributed by atoms with Gasteiger partial charge in [-0.1, -0.05) is 58.8 Å². The maximum atomic E-state index is 10.5. The van der Waals surface area contributed by atoms with Crippen LogP contribution in [0.25, 0.3) is 0 Å². The molecular formula is C13H26O3. The Labute approximate surface area is 98.9 Å². The standard InChI is InChI=1S/C13H26O3/c1-3-4-5-6-7-8-9-10-11(2)12(14)13(15)16/h11-12,14H,3-10H2,1-2H3,(H,15,16). The molecule has 0 rings (SSSR count). The lowest BCUT2D eigenvalue weighted by atomic mass is 9.97. The van der Waals surface area contributed by atoms with Crippen LogP contribution in [-0.2, 0) is 4.79 Å². The largest absolute Gasteiger partial charge is 0.479 e. The van der Waals surface area contributed by atoms with Crippen LogP contribution in [0.1, 0.15) is 65.2 Å². The summed E-state index contributed by atoms with van der Waals surface area (Å²) >= 11 is 0. The van der Waals surface area contributed by atoms with Gasteiger partial charge in [0, 0.05) is 0 Å². The van der Waals surface area contributed by atoms with Crippen molar-refractivity contribution >= 4 is 5.97 Å². The number of unbranched alkanes of at least 4 members (excludes halogenated alkanes) is 6. The Hall–Kier alpha value is -0.570. The van der Waals surface area contributed by atoms with E-state index in [1.807, 2.05) is 0 Å². The van der Waals surface area contributed by atoms with Crippen molar-refractivity contribution in [2.45, 2.75) is 71.3 Å². The molecule has 2 atom stereocenters. The van der Waals surface area contributed by atoms with Crippen LogP contribution in [0.4, 0.5) is 0 Å². The number of hydrogen-bond donors (Lipinski definition) is 2. The fourth-order valence-electron chi connectivity index (χ4n) is 1.82. The molecule has 16 heavy (non-hydrogen) atoms. The van der Waals surface area contributed by atoms with Gasteiger partial charge in [-0.2, -0.15) is 0 Å². The minimum absolute atomic E-state index is 0.131. The van der Waals surface area contributed by atoms with E-state index in [1.54, 1.807) is 6.92 Å². The second-order valence-electron chi connectivity index (χ2n) is 4.67. The first-order valence-corrected chi connectivity index (χ1v) is 6.50. The number of carboxylic acid groups (broad SMARTS) is 1. The number of rotatable bonds is 10. The quantitative estimate of drug-likeness (QED) is 0.567. The van der Waals surface area contributed by atoms with Crippen molar-refractivity contribution in [1.82, 2.24) is 0 Å². The fraction of sp³-hybridized carbons (Fsp3) is 0.923. The van der Waals surface area contributed by atoms with Crippen LogP contribution >= 0.6 is 0 Å². The van der Waals surface area contributed by atoms with E-state index in [9.17, 15) is 9.90 Å². The van der Waals surface area contributed by atoms with Crippen molar-refractivity contribution in [2.75, 3.05) is 0 Å². The summed E-state index contributed by atoms with van der Waals surface area (Å²) in [7, 11) is 0. The Morgan fingerprint density at radius 3 is 2.06 bits per heavy atom. The Bertz CT molecular complexity index is 180. The van der Waals surface area contributed by atoms with E-state index in [1.165, 1.54) is 32.1 Å². The number of hydrogen-bond acceptors (Lipinski definition) is 2. The fourth-order valence-corrected chi connectivity index (χ4v) is 1.82. The Kier molecular flexibility index (Phi) is 9.30. The summed E-state index contributed by atoms with van der Waals surface area (Å²) in [6.07, 6.45) is 8.19. The zero-order valence-corrected chi connectivity index (χ0v) is 10.6. The van der Waals surface area contributed by atoms with Crippen molar-refractivity contribution in [3.8, 4) is 0 Å². The van der Waals surface area contributed by atoms with Crippen molar-refractivity contribution in [3.63, 3.8) is 0 Å². The third-order valence-corrected chi connectivity index (χ3v) is 3.06. The highest BCUT2D eigenvalue weighted by Gasteiger charge is 2.20. The second-order valence-corrected chi connectivity index (χ2v) is 4.67. The van der Waals surface area contributed by atoms with Gasteiger partial charge in [0.1, 0.15) is 0 Å². The first-order valence-electron chi connectivity index (χ1n) is 6.50. The smallest absolute Gasteiger partial charge is 0.332 e. The maximum absolute atomic E-state index is 10.5. The Balaban J connectivity index is 3.34. The molecule has 0 amide bonds. The highest BCUT2D eigenvalue weighted by molar-refractivity contribution is 5.72. The highest BCUT2D eigenvalue weighted by Crippen LogP contribution is 2.15. The van der Waals surface area contributed by atoms with E-state index in [0.717, 1.165) is 19.3 Å². The van der Waals surface area contributed by atoms with Crippen molar-refractivity contribution in [3.05, 3.63) is 0 Å².